The quantitative estimate of drug-likeness (QED) is 0.429. The Morgan fingerprint density at radius 1 is 1.37 bits per heavy atom. The number of morpholine rings is 1. The van der Waals surface area contributed by atoms with Crippen molar-refractivity contribution in [1.82, 2.24) is 14.9 Å². The molecular formula is C13H29N3O2S. The summed E-state index contributed by atoms with van der Waals surface area (Å²) in [7, 11) is 0. The molecule has 0 amide bonds. The van der Waals surface area contributed by atoms with Crippen molar-refractivity contribution in [3.05, 3.63) is 0 Å². The molecule has 0 bridgehead atoms. The fourth-order valence-corrected chi connectivity index (χ4v) is 2.35. The standard InChI is InChI=1S/C13H29N3O2S/c1-3-4-14-11-13-12-16(7-10-18-13)6-9-17-8-5-15-19-2/h13-15H,3-12H2,1-2H3. The molecular weight excluding hydrogens is 262 g/mol. The summed E-state index contributed by atoms with van der Waals surface area (Å²) in [4.78, 5) is 2.43. The van der Waals surface area contributed by atoms with Gasteiger partial charge in [0.2, 0.25) is 0 Å². The lowest BCUT2D eigenvalue weighted by Gasteiger charge is -2.33. The lowest BCUT2D eigenvalue weighted by Crippen LogP contribution is -2.47. The molecule has 0 aromatic carbocycles. The zero-order chi connectivity index (χ0) is 13.8. The van der Waals surface area contributed by atoms with Gasteiger partial charge >= 0.3 is 0 Å². The maximum Gasteiger partial charge on any atom is 0.0826 e. The zero-order valence-electron chi connectivity index (χ0n) is 12.3. The third-order valence-electron chi connectivity index (χ3n) is 3.07. The van der Waals surface area contributed by atoms with E-state index in [9.17, 15) is 0 Å². The number of hydrogen-bond donors (Lipinski definition) is 2. The summed E-state index contributed by atoms with van der Waals surface area (Å²) in [5, 5.41) is 3.42. The Morgan fingerprint density at radius 2 is 2.26 bits per heavy atom. The fourth-order valence-electron chi connectivity index (χ4n) is 2.06. The van der Waals surface area contributed by atoms with E-state index in [1.807, 2.05) is 6.26 Å². The highest BCUT2D eigenvalue weighted by molar-refractivity contribution is 7.96. The van der Waals surface area contributed by atoms with Gasteiger partial charge in [0.15, 0.2) is 0 Å². The van der Waals surface area contributed by atoms with Crippen LogP contribution in [0.4, 0.5) is 0 Å². The van der Waals surface area contributed by atoms with Crippen molar-refractivity contribution >= 4 is 11.9 Å². The monoisotopic (exact) mass is 291 g/mol. The number of nitrogens with zero attached hydrogens (tertiary/aromatic N) is 1. The Morgan fingerprint density at radius 3 is 3.05 bits per heavy atom. The van der Waals surface area contributed by atoms with Gasteiger partial charge in [0.1, 0.15) is 0 Å². The SMILES string of the molecule is CCCNCC1CN(CCOCCNSC)CCO1. The average molecular weight is 291 g/mol. The molecule has 114 valence electrons. The van der Waals surface area contributed by atoms with E-state index in [2.05, 4.69) is 21.9 Å². The van der Waals surface area contributed by atoms with Crippen molar-refractivity contribution < 1.29 is 9.47 Å². The molecule has 6 heteroatoms. The van der Waals surface area contributed by atoms with Crippen molar-refractivity contribution in [2.24, 2.45) is 0 Å². The summed E-state index contributed by atoms with van der Waals surface area (Å²) in [6, 6.07) is 0. The van der Waals surface area contributed by atoms with Gasteiger partial charge in [-0.25, -0.2) is 0 Å². The first-order valence-electron chi connectivity index (χ1n) is 7.25. The molecule has 1 aliphatic heterocycles. The Labute approximate surface area is 121 Å². The predicted octanol–water partition coefficient (Wildman–Crippen LogP) is 0.571. The molecule has 0 aliphatic carbocycles. The highest BCUT2D eigenvalue weighted by atomic mass is 32.2. The molecule has 1 saturated heterocycles. The van der Waals surface area contributed by atoms with Crippen LogP contribution in [0.1, 0.15) is 13.3 Å². The molecule has 1 fully saturated rings. The van der Waals surface area contributed by atoms with Gasteiger partial charge in [0.25, 0.3) is 0 Å². The summed E-state index contributed by atoms with van der Waals surface area (Å²) in [5.74, 6) is 0. The molecule has 0 aromatic rings. The van der Waals surface area contributed by atoms with E-state index in [1.54, 1.807) is 11.9 Å². The van der Waals surface area contributed by atoms with E-state index in [0.717, 1.165) is 59.1 Å². The number of ether oxygens (including phenoxy) is 2. The predicted molar refractivity (Wildman–Crippen MR) is 81.7 cm³/mol. The Bertz CT molecular complexity index is 210. The van der Waals surface area contributed by atoms with Crippen LogP contribution < -0.4 is 10.0 Å². The summed E-state index contributed by atoms with van der Waals surface area (Å²) >= 11 is 1.63. The number of hydrogen-bond acceptors (Lipinski definition) is 6. The molecule has 0 saturated carbocycles. The van der Waals surface area contributed by atoms with Crippen molar-refractivity contribution in [3.63, 3.8) is 0 Å². The molecule has 19 heavy (non-hydrogen) atoms. The first kappa shape index (κ1) is 17.2. The van der Waals surface area contributed by atoms with E-state index in [0.29, 0.717) is 6.10 Å². The molecule has 5 nitrogen and oxygen atoms in total. The van der Waals surface area contributed by atoms with E-state index < -0.39 is 0 Å². The normalized spacial score (nSPS) is 20.8. The molecule has 2 N–H and O–H groups in total. The Balaban J connectivity index is 2.00. The molecule has 1 rings (SSSR count). The summed E-state index contributed by atoms with van der Waals surface area (Å²) in [6.07, 6.45) is 3.54. The van der Waals surface area contributed by atoms with Crippen LogP contribution in [0.3, 0.4) is 0 Å². The molecule has 1 heterocycles. The molecule has 0 aromatic heterocycles. The van der Waals surface area contributed by atoms with Gasteiger partial charge < -0.3 is 14.8 Å². The third-order valence-corrected chi connectivity index (χ3v) is 3.56. The maximum atomic E-state index is 5.76. The Kier molecular flexibility index (Phi) is 10.8. The van der Waals surface area contributed by atoms with Gasteiger partial charge in [0.05, 0.1) is 25.9 Å². The second kappa shape index (κ2) is 11.9. The highest BCUT2D eigenvalue weighted by Gasteiger charge is 2.19. The second-order valence-corrected chi connectivity index (χ2v) is 5.41. The smallest absolute Gasteiger partial charge is 0.0826 e. The minimum absolute atomic E-state index is 0.332. The van der Waals surface area contributed by atoms with Crippen LogP contribution in [-0.2, 0) is 9.47 Å². The first-order valence-corrected chi connectivity index (χ1v) is 8.47. The van der Waals surface area contributed by atoms with Crippen molar-refractivity contribution in [1.29, 1.82) is 0 Å². The van der Waals surface area contributed by atoms with Crippen molar-refractivity contribution in [2.75, 3.05) is 65.3 Å². The number of nitrogens with one attached hydrogen (secondary N) is 2. The minimum atomic E-state index is 0.332. The van der Waals surface area contributed by atoms with E-state index >= 15 is 0 Å². The summed E-state index contributed by atoms with van der Waals surface area (Å²) in [6.45, 7) is 10.6. The molecule has 0 radical (unpaired) electrons. The van der Waals surface area contributed by atoms with Crippen molar-refractivity contribution in [3.8, 4) is 0 Å². The van der Waals surface area contributed by atoms with Crippen LogP contribution in [0.25, 0.3) is 0 Å². The van der Waals surface area contributed by atoms with Gasteiger partial charge in [-0.1, -0.05) is 18.9 Å². The van der Waals surface area contributed by atoms with Crippen LogP contribution in [0.15, 0.2) is 0 Å². The third kappa shape index (κ3) is 8.83. The highest BCUT2D eigenvalue weighted by Crippen LogP contribution is 2.04. The number of rotatable bonds is 11. The average Bonchev–Trinajstić information content (AvgIpc) is 2.43. The van der Waals surface area contributed by atoms with E-state index in [4.69, 9.17) is 9.47 Å². The second-order valence-electron chi connectivity index (χ2n) is 4.71. The Hall–Kier alpha value is 0.150. The summed E-state index contributed by atoms with van der Waals surface area (Å²) < 4.78 is 14.5. The van der Waals surface area contributed by atoms with Gasteiger partial charge in [-0.3, -0.25) is 9.62 Å². The van der Waals surface area contributed by atoms with Gasteiger partial charge in [-0.05, 0) is 19.2 Å². The van der Waals surface area contributed by atoms with E-state index in [-0.39, 0.29) is 0 Å². The first-order chi connectivity index (χ1) is 9.36. The van der Waals surface area contributed by atoms with Gasteiger partial charge in [0, 0.05) is 32.7 Å². The van der Waals surface area contributed by atoms with Crippen LogP contribution >= 0.6 is 11.9 Å². The van der Waals surface area contributed by atoms with Crippen LogP contribution in [0.5, 0.6) is 0 Å². The van der Waals surface area contributed by atoms with E-state index in [1.165, 1.54) is 6.42 Å². The lowest BCUT2D eigenvalue weighted by molar-refractivity contribution is -0.0345. The minimum Gasteiger partial charge on any atom is -0.379 e. The topological polar surface area (TPSA) is 45.8 Å². The molecule has 1 unspecified atom stereocenters. The lowest BCUT2D eigenvalue weighted by atomic mass is 10.2. The van der Waals surface area contributed by atoms with Crippen LogP contribution in [-0.4, -0.2) is 76.3 Å². The molecule has 0 spiro atoms. The maximum absolute atomic E-state index is 5.76. The molecule has 1 atom stereocenters. The van der Waals surface area contributed by atoms with Crippen molar-refractivity contribution in [2.45, 2.75) is 19.4 Å². The summed E-state index contributed by atoms with van der Waals surface area (Å²) in [5.41, 5.74) is 0. The largest absolute Gasteiger partial charge is 0.379 e. The zero-order valence-corrected chi connectivity index (χ0v) is 13.1. The van der Waals surface area contributed by atoms with Gasteiger partial charge in [-0.15, -0.1) is 0 Å². The van der Waals surface area contributed by atoms with Crippen LogP contribution in [0.2, 0.25) is 0 Å². The molecule has 1 aliphatic rings. The van der Waals surface area contributed by atoms with Crippen LogP contribution in [0, 0.1) is 0 Å². The van der Waals surface area contributed by atoms with Gasteiger partial charge in [-0.2, -0.15) is 0 Å². The fraction of sp³-hybridized carbons (Fsp3) is 1.00.